The minimum atomic E-state index is -1.01. The minimum Gasteiger partial charge on any atom is -0.273 e. The molecule has 2 fully saturated rings. The SMILES string of the molecule is CC(F)C[C@@]1(C)CN2CC[C@@H](c3cccc(F)c3)N2C1=O. The fourth-order valence-electron chi connectivity index (χ4n) is 3.67. The van der Waals surface area contributed by atoms with Crippen LogP contribution in [0.25, 0.3) is 0 Å². The lowest BCUT2D eigenvalue weighted by atomic mass is 9.84. The van der Waals surface area contributed by atoms with Gasteiger partial charge >= 0.3 is 0 Å². The standard InChI is InChI=1S/C16H20F2N2O/c1-11(17)9-16(2)10-19-7-6-14(20(19)15(16)21)12-4-3-5-13(18)8-12/h3-5,8,11,14H,6-7,9-10H2,1-2H3/t11?,14-,16-/m0/s1. The summed E-state index contributed by atoms with van der Waals surface area (Å²) in [6.45, 7) is 4.61. The Morgan fingerprint density at radius 1 is 1.48 bits per heavy atom. The van der Waals surface area contributed by atoms with E-state index in [0.29, 0.717) is 6.54 Å². The molecular weight excluding hydrogens is 274 g/mol. The zero-order chi connectivity index (χ0) is 15.2. The van der Waals surface area contributed by atoms with Gasteiger partial charge in [0, 0.05) is 13.1 Å². The van der Waals surface area contributed by atoms with Gasteiger partial charge in [0.05, 0.1) is 17.6 Å². The third-order valence-electron chi connectivity index (χ3n) is 4.48. The maximum atomic E-state index is 13.4. The number of benzene rings is 1. The lowest BCUT2D eigenvalue weighted by Crippen LogP contribution is -2.36. The van der Waals surface area contributed by atoms with Gasteiger partial charge in [-0.3, -0.25) is 9.80 Å². The van der Waals surface area contributed by atoms with E-state index < -0.39 is 11.6 Å². The topological polar surface area (TPSA) is 23.6 Å². The second kappa shape index (κ2) is 5.05. The van der Waals surface area contributed by atoms with Gasteiger partial charge in [0.15, 0.2) is 0 Å². The van der Waals surface area contributed by atoms with Crippen molar-refractivity contribution in [1.82, 2.24) is 10.0 Å². The summed E-state index contributed by atoms with van der Waals surface area (Å²) in [6.07, 6.45) is 0.0123. The van der Waals surface area contributed by atoms with Gasteiger partial charge < -0.3 is 0 Å². The van der Waals surface area contributed by atoms with Gasteiger partial charge in [-0.2, -0.15) is 0 Å². The van der Waals surface area contributed by atoms with E-state index in [1.54, 1.807) is 11.1 Å². The number of alkyl halides is 1. The molecule has 0 aliphatic carbocycles. The molecule has 3 rings (SSSR count). The van der Waals surface area contributed by atoms with Gasteiger partial charge in [-0.05, 0) is 44.4 Å². The monoisotopic (exact) mass is 294 g/mol. The Balaban J connectivity index is 1.87. The molecule has 3 atom stereocenters. The second-order valence-electron chi connectivity index (χ2n) is 6.44. The third-order valence-corrected chi connectivity index (χ3v) is 4.48. The Kier molecular flexibility index (Phi) is 3.48. The van der Waals surface area contributed by atoms with Crippen LogP contribution in [-0.4, -0.2) is 35.2 Å². The number of amides is 1. The second-order valence-corrected chi connectivity index (χ2v) is 6.44. The van der Waals surface area contributed by atoms with Gasteiger partial charge in [0.25, 0.3) is 0 Å². The molecular formula is C16H20F2N2O. The highest BCUT2D eigenvalue weighted by molar-refractivity contribution is 5.85. The van der Waals surface area contributed by atoms with Gasteiger partial charge in [-0.25, -0.2) is 13.8 Å². The quantitative estimate of drug-likeness (QED) is 0.855. The number of halogens is 2. The van der Waals surface area contributed by atoms with E-state index in [9.17, 15) is 13.6 Å². The van der Waals surface area contributed by atoms with Crippen LogP contribution < -0.4 is 0 Å². The fraction of sp³-hybridized carbons (Fsp3) is 0.562. The molecule has 1 aromatic rings. The average molecular weight is 294 g/mol. The summed E-state index contributed by atoms with van der Waals surface area (Å²) >= 11 is 0. The predicted molar refractivity (Wildman–Crippen MR) is 75.5 cm³/mol. The van der Waals surface area contributed by atoms with Crippen LogP contribution in [0.3, 0.4) is 0 Å². The summed E-state index contributed by atoms with van der Waals surface area (Å²) in [5.41, 5.74) is 0.128. The summed E-state index contributed by atoms with van der Waals surface area (Å²) in [5.74, 6) is -0.337. The Hall–Kier alpha value is -1.49. The van der Waals surface area contributed by atoms with Crippen molar-refractivity contribution in [3.63, 3.8) is 0 Å². The van der Waals surface area contributed by atoms with Crippen LogP contribution >= 0.6 is 0 Å². The van der Waals surface area contributed by atoms with Crippen molar-refractivity contribution < 1.29 is 13.6 Å². The van der Waals surface area contributed by atoms with Crippen molar-refractivity contribution in [1.29, 1.82) is 0 Å². The first-order valence-corrected chi connectivity index (χ1v) is 7.39. The van der Waals surface area contributed by atoms with E-state index in [1.165, 1.54) is 19.1 Å². The Bertz CT molecular complexity index is 563. The Labute approximate surface area is 123 Å². The summed E-state index contributed by atoms with van der Waals surface area (Å²) in [5, 5.41) is 3.71. The molecule has 2 heterocycles. The van der Waals surface area contributed by atoms with Crippen LogP contribution in [0.15, 0.2) is 24.3 Å². The molecule has 3 nitrogen and oxygen atoms in total. The summed E-state index contributed by atoms with van der Waals surface area (Å²) in [4.78, 5) is 12.7. The molecule has 0 N–H and O–H groups in total. The molecule has 21 heavy (non-hydrogen) atoms. The van der Waals surface area contributed by atoms with Crippen LogP contribution in [0.2, 0.25) is 0 Å². The molecule has 0 saturated carbocycles. The summed E-state index contributed by atoms with van der Waals surface area (Å²) in [6, 6.07) is 6.26. The zero-order valence-electron chi connectivity index (χ0n) is 12.4. The van der Waals surface area contributed by atoms with Crippen molar-refractivity contribution in [2.45, 2.75) is 38.9 Å². The van der Waals surface area contributed by atoms with E-state index in [0.717, 1.165) is 18.5 Å². The third kappa shape index (κ3) is 2.44. The summed E-state index contributed by atoms with van der Waals surface area (Å²) in [7, 11) is 0. The van der Waals surface area contributed by atoms with Gasteiger partial charge in [-0.1, -0.05) is 12.1 Å². The molecule has 0 aromatic heterocycles. The molecule has 114 valence electrons. The minimum absolute atomic E-state index is 0.0428. The molecule has 0 spiro atoms. The molecule has 1 unspecified atom stereocenters. The number of hydrogen-bond acceptors (Lipinski definition) is 2. The van der Waals surface area contributed by atoms with Crippen LogP contribution in [0, 0.1) is 11.2 Å². The van der Waals surface area contributed by atoms with Gasteiger partial charge in [0.1, 0.15) is 5.82 Å². The average Bonchev–Trinajstić information content (AvgIpc) is 2.89. The van der Waals surface area contributed by atoms with E-state index in [2.05, 4.69) is 0 Å². The van der Waals surface area contributed by atoms with E-state index in [-0.39, 0.29) is 24.2 Å². The molecule has 2 saturated heterocycles. The summed E-state index contributed by atoms with van der Waals surface area (Å²) < 4.78 is 26.8. The zero-order valence-corrected chi connectivity index (χ0v) is 12.4. The first-order valence-electron chi connectivity index (χ1n) is 7.39. The Morgan fingerprint density at radius 2 is 2.24 bits per heavy atom. The van der Waals surface area contributed by atoms with Crippen LogP contribution in [0.5, 0.6) is 0 Å². The van der Waals surface area contributed by atoms with E-state index >= 15 is 0 Å². The van der Waals surface area contributed by atoms with Gasteiger partial charge in [-0.15, -0.1) is 0 Å². The molecule has 0 bridgehead atoms. The largest absolute Gasteiger partial charge is 0.273 e. The first-order chi connectivity index (χ1) is 9.90. The maximum Gasteiger partial charge on any atom is 0.244 e. The van der Waals surface area contributed by atoms with Crippen LogP contribution in [0.4, 0.5) is 8.78 Å². The van der Waals surface area contributed by atoms with Crippen LogP contribution in [-0.2, 0) is 4.79 Å². The van der Waals surface area contributed by atoms with Crippen molar-refractivity contribution in [2.24, 2.45) is 5.41 Å². The number of nitrogens with zero attached hydrogens (tertiary/aromatic N) is 2. The number of carbonyl (C=O) groups excluding carboxylic acids is 1. The molecule has 5 heteroatoms. The molecule has 1 aromatic carbocycles. The van der Waals surface area contributed by atoms with Crippen molar-refractivity contribution in [2.75, 3.05) is 13.1 Å². The number of hydrazine groups is 1. The van der Waals surface area contributed by atoms with Gasteiger partial charge in [0.2, 0.25) is 5.91 Å². The highest BCUT2D eigenvalue weighted by atomic mass is 19.1. The number of fused-ring (bicyclic) bond motifs is 1. The maximum absolute atomic E-state index is 13.4. The lowest BCUT2D eigenvalue weighted by molar-refractivity contribution is -0.143. The first kappa shape index (κ1) is 14.4. The predicted octanol–water partition coefficient (Wildman–Crippen LogP) is 3.08. The molecule has 2 aliphatic heterocycles. The lowest BCUT2D eigenvalue weighted by Gasteiger charge is -2.27. The van der Waals surface area contributed by atoms with Crippen molar-refractivity contribution in [3.8, 4) is 0 Å². The van der Waals surface area contributed by atoms with Crippen molar-refractivity contribution in [3.05, 3.63) is 35.6 Å². The number of carbonyl (C=O) groups is 1. The smallest absolute Gasteiger partial charge is 0.244 e. The number of rotatable bonds is 3. The van der Waals surface area contributed by atoms with E-state index in [1.807, 2.05) is 18.0 Å². The normalized spacial score (nSPS) is 30.8. The molecule has 1 amide bonds. The van der Waals surface area contributed by atoms with E-state index in [4.69, 9.17) is 0 Å². The van der Waals surface area contributed by atoms with Crippen molar-refractivity contribution >= 4 is 5.91 Å². The molecule has 2 aliphatic rings. The molecule has 0 radical (unpaired) electrons. The fourth-order valence-corrected chi connectivity index (χ4v) is 3.67. The number of hydrogen-bond donors (Lipinski definition) is 0. The Morgan fingerprint density at radius 3 is 2.90 bits per heavy atom. The highest BCUT2D eigenvalue weighted by Crippen LogP contribution is 2.44. The highest BCUT2D eigenvalue weighted by Gasteiger charge is 2.53. The van der Waals surface area contributed by atoms with Crippen LogP contribution in [0.1, 0.15) is 38.3 Å².